The molecule has 37 heavy (non-hydrogen) atoms. The SMILES string of the molecule is COc1ccc(CCN(C)C(=O)c2ccc(Oc3nc(Cc4ccccc4)ns3)c(OC)c2)cc1OC. The Labute approximate surface area is 220 Å². The number of hydrogen-bond donors (Lipinski definition) is 0. The van der Waals surface area contributed by atoms with Crippen molar-refractivity contribution in [3.8, 4) is 28.2 Å². The predicted octanol–water partition coefficient (Wildman–Crippen LogP) is 5.26. The van der Waals surface area contributed by atoms with Crippen LogP contribution in [0, 0.1) is 0 Å². The first-order valence-corrected chi connectivity index (χ1v) is 12.5. The van der Waals surface area contributed by atoms with Crippen LogP contribution >= 0.6 is 11.5 Å². The Bertz CT molecular complexity index is 1340. The normalized spacial score (nSPS) is 10.6. The van der Waals surface area contributed by atoms with Crippen molar-refractivity contribution in [3.63, 3.8) is 0 Å². The third kappa shape index (κ3) is 6.56. The van der Waals surface area contributed by atoms with Gasteiger partial charge in [0.25, 0.3) is 11.1 Å². The zero-order valence-corrected chi connectivity index (χ0v) is 22.1. The maximum absolute atomic E-state index is 13.1. The van der Waals surface area contributed by atoms with Crippen molar-refractivity contribution >= 4 is 17.4 Å². The molecular weight excluding hydrogens is 490 g/mol. The summed E-state index contributed by atoms with van der Waals surface area (Å²) in [5.74, 6) is 2.82. The first-order valence-electron chi connectivity index (χ1n) is 11.7. The highest BCUT2D eigenvalue weighted by Crippen LogP contribution is 2.33. The molecule has 0 saturated heterocycles. The topological polar surface area (TPSA) is 83.0 Å². The average Bonchev–Trinajstić information content (AvgIpc) is 3.38. The van der Waals surface area contributed by atoms with Crippen molar-refractivity contribution in [1.82, 2.24) is 14.3 Å². The Hall–Kier alpha value is -4.11. The second-order valence-electron chi connectivity index (χ2n) is 8.27. The van der Waals surface area contributed by atoms with Crippen LogP contribution in [0.4, 0.5) is 0 Å². The molecule has 0 spiro atoms. The molecule has 1 aromatic heterocycles. The Morgan fingerprint density at radius 1 is 0.838 bits per heavy atom. The Kier molecular flexibility index (Phi) is 8.58. The number of benzene rings is 3. The number of hydrogen-bond acceptors (Lipinski definition) is 8. The first-order chi connectivity index (χ1) is 18.0. The molecule has 3 aromatic carbocycles. The molecule has 0 atom stereocenters. The Balaban J connectivity index is 1.39. The van der Waals surface area contributed by atoms with Crippen LogP contribution in [-0.2, 0) is 12.8 Å². The maximum Gasteiger partial charge on any atom is 0.298 e. The summed E-state index contributed by atoms with van der Waals surface area (Å²) in [5, 5.41) is 0.412. The van der Waals surface area contributed by atoms with Crippen LogP contribution in [0.15, 0.2) is 66.7 Å². The van der Waals surface area contributed by atoms with Crippen molar-refractivity contribution in [1.29, 1.82) is 0 Å². The third-order valence-corrected chi connectivity index (χ3v) is 6.43. The van der Waals surface area contributed by atoms with E-state index in [-0.39, 0.29) is 5.91 Å². The molecule has 0 radical (unpaired) electrons. The summed E-state index contributed by atoms with van der Waals surface area (Å²) >= 11 is 1.18. The lowest BCUT2D eigenvalue weighted by molar-refractivity contribution is 0.0796. The highest BCUT2D eigenvalue weighted by molar-refractivity contribution is 7.07. The zero-order chi connectivity index (χ0) is 26.2. The lowest BCUT2D eigenvalue weighted by Gasteiger charge is -2.18. The van der Waals surface area contributed by atoms with E-state index in [2.05, 4.69) is 9.36 Å². The summed E-state index contributed by atoms with van der Waals surface area (Å²) in [7, 11) is 6.52. The minimum atomic E-state index is -0.119. The highest BCUT2D eigenvalue weighted by Gasteiger charge is 2.17. The van der Waals surface area contributed by atoms with E-state index in [9.17, 15) is 4.79 Å². The van der Waals surface area contributed by atoms with Gasteiger partial charge in [-0.2, -0.15) is 9.36 Å². The predicted molar refractivity (Wildman–Crippen MR) is 142 cm³/mol. The van der Waals surface area contributed by atoms with Gasteiger partial charge in [-0.15, -0.1) is 0 Å². The molecule has 8 nitrogen and oxygen atoms in total. The highest BCUT2D eigenvalue weighted by atomic mass is 32.1. The summed E-state index contributed by atoms with van der Waals surface area (Å²) in [6.45, 7) is 0.532. The van der Waals surface area contributed by atoms with Crippen LogP contribution in [0.2, 0.25) is 0 Å². The molecule has 0 aliphatic rings. The number of likely N-dealkylation sites (N-methyl/N-ethyl adjacent to an activating group) is 1. The van der Waals surface area contributed by atoms with Crippen LogP contribution in [0.1, 0.15) is 27.3 Å². The Morgan fingerprint density at radius 3 is 2.27 bits per heavy atom. The van der Waals surface area contributed by atoms with Crippen LogP contribution in [0.25, 0.3) is 0 Å². The lowest BCUT2D eigenvalue weighted by atomic mass is 10.1. The van der Waals surface area contributed by atoms with E-state index in [1.54, 1.807) is 44.4 Å². The van der Waals surface area contributed by atoms with Gasteiger partial charge in [-0.3, -0.25) is 4.79 Å². The van der Waals surface area contributed by atoms with Crippen LogP contribution in [-0.4, -0.2) is 55.1 Å². The zero-order valence-electron chi connectivity index (χ0n) is 21.3. The third-order valence-electron chi connectivity index (χ3n) is 5.79. The number of carbonyl (C=O) groups excluding carboxylic acids is 1. The molecule has 1 heterocycles. The number of nitrogens with zero attached hydrogens (tertiary/aromatic N) is 3. The monoisotopic (exact) mass is 519 g/mol. The van der Waals surface area contributed by atoms with Gasteiger partial charge < -0.3 is 23.8 Å². The van der Waals surface area contributed by atoms with Gasteiger partial charge in [0.2, 0.25) is 0 Å². The molecule has 4 aromatic rings. The second-order valence-corrected chi connectivity index (χ2v) is 8.99. The van der Waals surface area contributed by atoms with Gasteiger partial charge in [0.05, 0.1) is 21.3 Å². The van der Waals surface area contributed by atoms with Crippen molar-refractivity contribution in [2.45, 2.75) is 12.8 Å². The summed E-state index contributed by atoms with van der Waals surface area (Å²) in [4.78, 5) is 19.2. The molecule has 0 aliphatic carbocycles. The molecule has 9 heteroatoms. The van der Waals surface area contributed by atoms with Crippen molar-refractivity contribution in [3.05, 3.63) is 89.2 Å². The van der Waals surface area contributed by atoms with E-state index >= 15 is 0 Å². The van der Waals surface area contributed by atoms with Gasteiger partial charge in [-0.25, -0.2) is 0 Å². The smallest absolute Gasteiger partial charge is 0.298 e. The van der Waals surface area contributed by atoms with Gasteiger partial charge in [0.1, 0.15) is 0 Å². The second kappa shape index (κ2) is 12.2. The van der Waals surface area contributed by atoms with E-state index in [1.807, 2.05) is 48.5 Å². The molecule has 0 bridgehead atoms. The van der Waals surface area contributed by atoms with Crippen LogP contribution in [0.5, 0.6) is 28.2 Å². The molecule has 1 amide bonds. The number of rotatable bonds is 11. The fourth-order valence-corrected chi connectivity index (χ4v) is 4.33. The van der Waals surface area contributed by atoms with Gasteiger partial charge in [0, 0.05) is 37.1 Å². The Morgan fingerprint density at radius 2 is 1.54 bits per heavy atom. The van der Waals surface area contributed by atoms with Crippen LogP contribution < -0.4 is 18.9 Å². The van der Waals surface area contributed by atoms with E-state index in [0.29, 0.717) is 59.0 Å². The minimum absolute atomic E-state index is 0.119. The van der Waals surface area contributed by atoms with Crippen molar-refractivity contribution < 1.29 is 23.7 Å². The minimum Gasteiger partial charge on any atom is -0.493 e. The summed E-state index contributed by atoms with van der Waals surface area (Å²) in [5.41, 5.74) is 2.67. The maximum atomic E-state index is 13.1. The standard InChI is InChI=1S/C28H29N3O5S/c1-31(15-14-20-10-12-22(33-2)24(16-20)34-3)27(32)21-11-13-23(25(18-21)35-4)36-28-29-26(30-37-28)17-19-8-6-5-7-9-19/h5-13,16,18H,14-15,17H2,1-4H3. The van der Waals surface area contributed by atoms with Gasteiger partial charge in [-0.1, -0.05) is 36.4 Å². The van der Waals surface area contributed by atoms with E-state index < -0.39 is 0 Å². The van der Waals surface area contributed by atoms with Crippen molar-refractivity contribution in [2.24, 2.45) is 0 Å². The van der Waals surface area contributed by atoms with E-state index in [1.165, 1.54) is 18.6 Å². The summed E-state index contributed by atoms with van der Waals surface area (Å²) < 4.78 is 26.5. The fourth-order valence-electron chi connectivity index (χ4n) is 3.76. The van der Waals surface area contributed by atoms with Gasteiger partial charge >= 0.3 is 0 Å². The van der Waals surface area contributed by atoms with Gasteiger partial charge in [0.15, 0.2) is 28.8 Å². The molecule has 0 saturated carbocycles. The number of ether oxygens (including phenoxy) is 4. The fraction of sp³-hybridized carbons (Fsp3) is 0.250. The molecule has 0 fully saturated rings. The first kappa shape index (κ1) is 26.0. The average molecular weight is 520 g/mol. The number of methoxy groups -OCH3 is 3. The quantitative estimate of drug-likeness (QED) is 0.267. The van der Waals surface area contributed by atoms with Crippen molar-refractivity contribution in [2.75, 3.05) is 34.9 Å². The molecule has 0 aliphatic heterocycles. The van der Waals surface area contributed by atoms with Crippen LogP contribution in [0.3, 0.4) is 0 Å². The molecule has 0 unspecified atom stereocenters. The van der Waals surface area contributed by atoms with E-state index in [0.717, 1.165) is 11.1 Å². The molecule has 4 rings (SSSR count). The largest absolute Gasteiger partial charge is 0.493 e. The molecule has 192 valence electrons. The number of aromatic nitrogens is 2. The number of amides is 1. The molecule has 0 N–H and O–H groups in total. The summed E-state index contributed by atoms with van der Waals surface area (Å²) in [6.07, 6.45) is 1.30. The van der Waals surface area contributed by atoms with Gasteiger partial charge in [-0.05, 0) is 47.9 Å². The summed E-state index contributed by atoms with van der Waals surface area (Å²) in [6, 6.07) is 20.9. The van der Waals surface area contributed by atoms with E-state index in [4.69, 9.17) is 18.9 Å². The lowest BCUT2D eigenvalue weighted by Crippen LogP contribution is -2.28. The molecular formula is C28H29N3O5S. The number of carbonyl (C=O) groups is 1.